The van der Waals surface area contributed by atoms with Gasteiger partial charge in [-0.3, -0.25) is 9.59 Å². The van der Waals surface area contributed by atoms with Crippen LogP contribution in [0.15, 0.2) is 25.3 Å². The predicted octanol–water partition coefficient (Wildman–Crippen LogP) is 5.28. The summed E-state index contributed by atoms with van der Waals surface area (Å²) >= 11 is 0. The molecule has 0 spiro atoms. The number of hydrogen-bond donors (Lipinski definition) is 1. The molecule has 1 heterocycles. The lowest BCUT2D eigenvalue weighted by Crippen LogP contribution is -2.60. The number of nitrogens with zero attached hydrogens (tertiary/aromatic N) is 2. The van der Waals surface area contributed by atoms with E-state index < -0.39 is 64.7 Å². The zero-order valence-electron chi connectivity index (χ0n) is 27.0. The van der Waals surface area contributed by atoms with Crippen LogP contribution in [0, 0.1) is 5.92 Å². The predicted molar refractivity (Wildman–Crippen MR) is 162 cm³/mol. The number of esters is 1. The summed E-state index contributed by atoms with van der Waals surface area (Å²) in [6.07, 6.45) is 6.12. The molecule has 1 unspecified atom stereocenters. The van der Waals surface area contributed by atoms with Gasteiger partial charge in [-0.2, -0.15) is 0 Å². The summed E-state index contributed by atoms with van der Waals surface area (Å²) in [6.45, 7) is 19.6. The number of amides is 4. The Bertz CT molecular complexity index is 1060. The minimum Gasteiger partial charge on any atom is -0.464 e. The van der Waals surface area contributed by atoms with E-state index in [0.29, 0.717) is 19.3 Å². The average Bonchev–Trinajstić information content (AvgIpc) is 3.40. The van der Waals surface area contributed by atoms with Crippen molar-refractivity contribution in [3.63, 3.8) is 0 Å². The molecule has 1 aliphatic heterocycles. The second-order valence-electron chi connectivity index (χ2n) is 13.2. The van der Waals surface area contributed by atoms with Crippen molar-refractivity contribution in [2.45, 2.75) is 129 Å². The first-order valence-electron chi connectivity index (χ1n) is 15.3. The van der Waals surface area contributed by atoms with Crippen LogP contribution < -0.4 is 5.32 Å². The van der Waals surface area contributed by atoms with Crippen molar-refractivity contribution in [2.24, 2.45) is 5.92 Å². The summed E-state index contributed by atoms with van der Waals surface area (Å²) in [4.78, 5) is 70.0. The number of rotatable bonds is 13. The minimum absolute atomic E-state index is 0.0552. The summed E-state index contributed by atoms with van der Waals surface area (Å²) in [7, 11) is 0. The molecule has 1 saturated carbocycles. The molecular weight excluding hydrogens is 554 g/mol. The first-order valence-corrected chi connectivity index (χ1v) is 15.3. The maximum atomic E-state index is 14.3. The van der Waals surface area contributed by atoms with E-state index in [1.165, 1.54) is 11.0 Å². The van der Waals surface area contributed by atoms with Gasteiger partial charge in [0.25, 0.3) is 5.91 Å². The maximum Gasteiger partial charge on any atom is 0.418 e. The van der Waals surface area contributed by atoms with Crippen molar-refractivity contribution in [3.8, 4) is 0 Å². The van der Waals surface area contributed by atoms with Gasteiger partial charge >= 0.3 is 18.2 Å². The van der Waals surface area contributed by atoms with Gasteiger partial charge in [-0.15, -0.1) is 13.2 Å². The lowest BCUT2D eigenvalue weighted by atomic mass is 10.0. The lowest BCUT2D eigenvalue weighted by Gasteiger charge is -2.36. The quantitative estimate of drug-likeness (QED) is 0.130. The number of hydrogen-bond acceptors (Lipinski definition) is 8. The number of unbranched alkanes of at least 4 members (excludes halogenated alkanes) is 3. The highest BCUT2D eigenvalue weighted by molar-refractivity contribution is 6.04. The Hall–Kier alpha value is -3.37. The Morgan fingerprint density at radius 3 is 2.21 bits per heavy atom. The molecule has 2 aliphatic rings. The molecule has 0 aromatic carbocycles. The van der Waals surface area contributed by atoms with E-state index >= 15 is 0 Å². The van der Waals surface area contributed by atoms with Crippen molar-refractivity contribution in [3.05, 3.63) is 25.3 Å². The van der Waals surface area contributed by atoms with Gasteiger partial charge in [0.2, 0.25) is 5.91 Å². The third-order valence-corrected chi connectivity index (χ3v) is 7.30. The van der Waals surface area contributed by atoms with Gasteiger partial charge in [-0.1, -0.05) is 25.0 Å². The molecule has 0 radical (unpaired) electrons. The molecule has 11 nitrogen and oxygen atoms in total. The largest absolute Gasteiger partial charge is 0.464 e. The van der Waals surface area contributed by atoms with Crippen LogP contribution in [-0.4, -0.2) is 81.7 Å². The highest BCUT2D eigenvalue weighted by Gasteiger charge is 2.68. The van der Waals surface area contributed by atoms with E-state index in [9.17, 15) is 24.0 Å². The van der Waals surface area contributed by atoms with Gasteiger partial charge in [0.1, 0.15) is 23.3 Å². The van der Waals surface area contributed by atoms with Crippen LogP contribution in [-0.2, 0) is 28.6 Å². The smallest absolute Gasteiger partial charge is 0.418 e. The van der Waals surface area contributed by atoms with Crippen LogP contribution in [0.4, 0.5) is 9.59 Å². The molecule has 1 aliphatic carbocycles. The zero-order valence-corrected chi connectivity index (χ0v) is 27.0. The monoisotopic (exact) mass is 605 g/mol. The van der Waals surface area contributed by atoms with E-state index in [-0.39, 0.29) is 26.0 Å². The zero-order chi connectivity index (χ0) is 32.6. The molecule has 0 aromatic rings. The molecule has 0 bridgehead atoms. The number of nitrogens with one attached hydrogen (secondary N) is 1. The third kappa shape index (κ3) is 9.56. The minimum atomic E-state index is -1.60. The number of ether oxygens (including phenoxy) is 3. The SMILES string of the molecule is C=CCCCCC[C@H](NC(=O)OC(C)(C)C)C(=O)N1CCC[C@H]1C(=O)N(C(=O)OC(C)(C)C)[C@]1(C(=O)OCC)CC1C=C. The van der Waals surface area contributed by atoms with Crippen LogP contribution in [0.25, 0.3) is 0 Å². The average molecular weight is 606 g/mol. The highest BCUT2D eigenvalue weighted by Crippen LogP contribution is 2.51. The van der Waals surface area contributed by atoms with E-state index in [0.717, 1.165) is 24.2 Å². The van der Waals surface area contributed by atoms with Gasteiger partial charge < -0.3 is 24.4 Å². The van der Waals surface area contributed by atoms with Gasteiger partial charge in [0.15, 0.2) is 5.54 Å². The molecule has 4 atom stereocenters. The summed E-state index contributed by atoms with van der Waals surface area (Å²) in [5.74, 6) is -2.42. The second kappa shape index (κ2) is 14.9. The van der Waals surface area contributed by atoms with Crippen molar-refractivity contribution < 1.29 is 38.2 Å². The molecule has 2 fully saturated rings. The van der Waals surface area contributed by atoms with Crippen LogP contribution in [0.1, 0.15) is 99.8 Å². The topological polar surface area (TPSA) is 132 Å². The molecule has 43 heavy (non-hydrogen) atoms. The summed E-state index contributed by atoms with van der Waals surface area (Å²) in [6, 6.07) is -1.98. The molecule has 1 saturated heterocycles. The summed E-state index contributed by atoms with van der Waals surface area (Å²) in [5.41, 5.74) is -3.33. The van der Waals surface area contributed by atoms with Crippen LogP contribution in [0.5, 0.6) is 0 Å². The van der Waals surface area contributed by atoms with Gasteiger partial charge in [-0.25, -0.2) is 19.3 Å². The molecule has 0 aromatic heterocycles. The summed E-state index contributed by atoms with van der Waals surface area (Å²) in [5, 5.41) is 2.70. The molecule has 242 valence electrons. The fourth-order valence-corrected chi connectivity index (χ4v) is 5.31. The van der Waals surface area contributed by atoms with Crippen molar-refractivity contribution in [1.29, 1.82) is 0 Å². The van der Waals surface area contributed by atoms with Crippen molar-refractivity contribution in [2.75, 3.05) is 13.2 Å². The number of allylic oxidation sites excluding steroid dienone is 1. The molecule has 2 rings (SSSR count). The summed E-state index contributed by atoms with van der Waals surface area (Å²) < 4.78 is 16.3. The van der Waals surface area contributed by atoms with Crippen LogP contribution in [0.2, 0.25) is 0 Å². The Balaban J connectivity index is 2.41. The third-order valence-electron chi connectivity index (χ3n) is 7.30. The number of carbonyl (C=O) groups is 5. The van der Waals surface area contributed by atoms with Gasteiger partial charge in [0.05, 0.1) is 6.61 Å². The fourth-order valence-electron chi connectivity index (χ4n) is 5.31. The normalized spacial score (nSPS) is 22.2. The number of imide groups is 1. The molecule has 11 heteroatoms. The first-order chi connectivity index (χ1) is 20.0. The molecule has 4 amide bonds. The van der Waals surface area contributed by atoms with Crippen molar-refractivity contribution in [1.82, 2.24) is 15.1 Å². The van der Waals surface area contributed by atoms with E-state index in [1.54, 1.807) is 48.5 Å². The highest BCUT2D eigenvalue weighted by atomic mass is 16.6. The maximum absolute atomic E-state index is 14.3. The fraction of sp³-hybridized carbons (Fsp3) is 0.719. The van der Waals surface area contributed by atoms with E-state index in [2.05, 4.69) is 18.5 Å². The Morgan fingerprint density at radius 1 is 1.02 bits per heavy atom. The van der Waals surface area contributed by atoms with Crippen molar-refractivity contribution >= 4 is 30.0 Å². The van der Waals surface area contributed by atoms with Gasteiger partial charge in [0, 0.05) is 12.5 Å². The Kier molecular flexibility index (Phi) is 12.4. The van der Waals surface area contributed by atoms with Crippen LogP contribution >= 0.6 is 0 Å². The van der Waals surface area contributed by atoms with E-state index in [1.807, 2.05) is 6.08 Å². The molecular formula is C32H51N3O8. The standard InChI is InChI=1S/C32H51N3O8/c1-10-13-14-15-16-18-23(33-28(39)42-30(4,5)6)25(36)34-20-17-19-24(34)26(37)35(29(40)43-31(7,8)9)32(21-22(32)11-2)27(38)41-12-3/h10-11,22-24H,1-2,12-21H2,3-9H3,(H,33,39)/t22?,23-,24-,32+/m0/s1. The van der Waals surface area contributed by atoms with Crippen LogP contribution in [0.3, 0.4) is 0 Å². The first kappa shape index (κ1) is 35.8. The number of carbonyl (C=O) groups excluding carboxylic acids is 5. The number of alkyl carbamates (subject to hydrolysis) is 1. The number of likely N-dealkylation sites (tertiary alicyclic amines) is 1. The Labute approximate surface area is 256 Å². The molecule has 1 N–H and O–H groups in total. The Morgan fingerprint density at radius 2 is 1.67 bits per heavy atom. The van der Waals surface area contributed by atoms with Gasteiger partial charge in [-0.05, 0) is 87.0 Å². The lowest BCUT2D eigenvalue weighted by molar-refractivity contribution is -0.159. The van der Waals surface area contributed by atoms with E-state index in [4.69, 9.17) is 14.2 Å². The second-order valence-corrected chi connectivity index (χ2v) is 13.2.